The van der Waals surface area contributed by atoms with Crippen molar-refractivity contribution in [1.29, 1.82) is 5.26 Å². The maximum atomic E-state index is 11.1. The van der Waals surface area contributed by atoms with E-state index < -0.39 is 5.97 Å². The molecule has 0 atom stereocenters. The summed E-state index contributed by atoms with van der Waals surface area (Å²) in [6.45, 7) is 6.00. The predicted octanol–water partition coefficient (Wildman–Crippen LogP) is 1.29. The van der Waals surface area contributed by atoms with Gasteiger partial charge in [-0.3, -0.25) is 5.32 Å². The quantitative estimate of drug-likeness (QED) is 0.204. The Kier molecular flexibility index (Phi) is 7.05. The first kappa shape index (κ1) is 15.2. The minimum absolute atomic E-state index is 0.00619. The number of nitrogens with zero attached hydrogens (tertiary/aromatic N) is 2. The number of hydrogen-bond donors (Lipinski definition) is 2. The zero-order valence-corrected chi connectivity index (χ0v) is 10.0. The standard InChI is InChI=1S/C10H10N4O2.C2H4/c1-16-9(15)7-2-4-8(5-3-7)14-10(12)13-6-11;1-2/h2-5H,1H3,(H3,12,13,14);1-2H2. The highest BCUT2D eigenvalue weighted by molar-refractivity contribution is 5.90. The van der Waals surface area contributed by atoms with Gasteiger partial charge >= 0.3 is 5.97 Å². The number of hydrogen-bond acceptors (Lipinski definition) is 4. The fourth-order valence-corrected chi connectivity index (χ4v) is 1.01. The average Bonchev–Trinajstić information content (AvgIpc) is 2.41. The Bertz CT molecular complexity index is 460. The van der Waals surface area contributed by atoms with Gasteiger partial charge in [-0.15, -0.1) is 13.2 Å². The van der Waals surface area contributed by atoms with E-state index in [1.807, 2.05) is 0 Å². The van der Waals surface area contributed by atoms with Crippen molar-refractivity contribution in [2.24, 2.45) is 10.7 Å². The molecule has 0 bridgehead atoms. The molecule has 6 heteroatoms. The monoisotopic (exact) mass is 246 g/mol. The second-order valence-corrected chi connectivity index (χ2v) is 2.77. The summed E-state index contributed by atoms with van der Waals surface area (Å²) in [6.07, 6.45) is 1.65. The predicted molar refractivity (Wildman–Crippen MR) is 69.1 cm³/mol. The first-order valence-corrected chi connectivity index (χ1v) is 4.85. The molecule has 0 aliphatic rings. The van der Waals surface area contributed by atoms with E-state index in [-0.39, 0.29) is 5.96 Å². The van der Waals surface area contributed by atoms with E-state index in [0.717, 1.165) is 0 Å². The maximum absolute atomic E-state index is 11.1. The first-order chi connectivity index (χ1) is 8.67. The summed E-state index contributed by atoms with van der Waals surface area (Å²) < 4.78 is 4.54. The summed E-state index contributed by atoms with van der Waals surface area (Å²) in [7, 11) is 1.31. The van der Waals surface area contributed by atoms with Gasteiger partial charge in [-0.1, -0.05) is 0 Å². The van der Waals surface area contributed by atoms with Crippen molar-refractivity contribution in [3.8, 4) is 6.19 Å². The van der Waals surface area contributed by atoms with Crippen LogP contribution in [0.4, 0.5) is 5.69 Å². The van der Waals surface area contributed by atoms with Gasteiger partial charge in [-0.05, 0) is 24.3 Å². The highest BCUT2D eigenvalue weighted by Gasteiger charge is 2.03. The van der Waals surface area contributed by atoms with Crippen LogP contribution >= 0.6 is 0 Å². The number of methoxy groups -OCH3 is 1. The fourth-order valence-electron chi connectivity index (χ4n) is 1.01. The molecular weight excluding hydrogens is 232 g/mol. The van der Waals surface area contributed by atoms with Crippen LogP contribution < -0.4 is 11.1 Å². The lowest BCUT2D eigenvalue weighted by molar-refractivity contribution is 0.0601. The lowest BCUT2D eigenvalue weighted by Gasteiger charge is -2.00. The van der Waals surface area contributed by atoms with Gasteiger partial charge < -0.3 is 10.5 Å². The summed E-state index contributed by atoms with van der Waals surface area (Å²) in [5, 5.41) is 10.5. The van der Waals surface area contributed by atoms with Gasteiger partial charge in [0.25, 0.3) is 0 Å². The Morgan fingerprint density at radius 3 is 2.44 bits per heavy atom. The molecule has 0 amide bonds. The maximum Gasteiger partial charge on any atom is 0.337 e. The van der Waals surface area contributed by atoms with Gasteiger partial charge in [-0.2, -0.15) is 5.26 Å². The van der Waals surface area contributed by atoms with E-state index >= 15 is 0 Å². The van der Waals surface area contributed by atoms with Gasteiger partial charge in [0.15, 0.2) is 6.19 Å². The Morgan fingerprint density at radius 1 is 1.44 bits per heavy atom. The van der Waals surface area contributed by atoms with Crippen molar-refractivity contribution in [2.45, 2.75) is 0 Å². The number of nitrogens with one attached hydrogen (secondary N) is 1. The zero-order valence-electron chi connectivity index (χ0n) is 10.0. The molecule has 1 rings (SSSR count). The number of aliphatic imine (C=N–C) groups is 1. The molecule has 0 fully saturated rings. The van der Waals surface area contributed by atoms with Crippen LogP contribution in [0.1, 0.15) is 10.4 Å². The lowest BCUT2D eigenvalue weighted by Crippen LogP contribution is -2.26. The molecule has 0 unspecified atom stereocenters. The fraction of sp³-hybridized carbons (Fsp3) is 0.0833. The Balaban J connectivity index is 0.00000137. The third-order valence-corrected chi connectivity index (χ3v) is 1.72. The van der Waals surface area contributed by atoms with Crippen molar-refractivity contribution in [2.75, 3.05) is 7.11 Å². The van der Waals surface area contributed by atoms with Crippen LogP contribution in [-0.2, 0) is 4.74 Å². The summed E-state index contributed by atoms with van der Waals surface area (Å²) in [5.41, 5.74) is 6.32. The van der Waals surface area contributed by atoms with E-state index in [0.29, 0.717) is 11.3 Å². The molecule has 0 radical (unpaired) electrons. The number of benzene rings is 1. The molecule has 0 heterocycles. The van der Waals surface area contributed by atoms with Crippen LogP contribution in [0.2, 0.25) is 0 Å². The van der Waals surface area contributed by atoms with Gasteiger partial charge in [0.05, 0.1) is 18.4 Å². The van der Waals surface area contributed by atoms with Crippen molar-refractivity contribution in [1.82, 2.24) is 5.32 Å². The number of ether oxygens (including phenoxy) is 1. The number of nitrogens with two attached hydrogens (primary N) is 1. The molecule has 0 spiro atoms. The summed E-state index contributed by atoms with van der Waals surface area (Å²) >= 11 is 0. The van der Waals surface area contributed by atoms with Gasteiger partial charge in [0.2, 0.25) is 5.96 Å². The molecule has 0 saturated heterocycles. The molecule has 0 aliphatic heterocycles. The molecule has 1 aromatic rings. The van der Waals surface area contributed by atoms with E-state index in [2.05, 4.69) is 28.2 Å². The van der Waals surface area contributed by atoms with Crippen LogP contribution in [-0.4, -0.2) is 19.0 Å². The second-order valence-electron chi connectivity index (χ2n) is 2.77. The minimum atomic E-state index is -0.418. The number of carbonyl (C=O) groups is 1. The largest absolute Gasteiger partial charge is 0.465 e. The molecule has 0 saturated carbocycles. The Labute approximate surface area is 105 Å². The number of esters is 1. The Hall–Kier alpha value is -2.81. The van der Waals surface area contributed by atoms with Crippen LogP contribution in [0.25, 0.3) is 0 Å². The van der Waals surface area contributed by atoms with Crippen LogP contribution in [0.5, 0.6) is 0 Å². The summed E-state index contributed by atoms with van der Waals surface area (Å²) in [6, 6.07) is 6.31. The van der Waals surface area contributed by atoms with Gasteiger partial charge in [0.1, 0.15) is 0 Å². The van der Waals surface area contributed by atoms with Crippen LogP contribution in [0, 0.1) is 11.5 Å². The smallest absolute Gasteiger partial charge is 0.337 e. The number of carbonyl (C=O) groups excluding carboxylic acids is 1. The third-order valence-electron chi connectivity index (χ3n) is 1.72. The minimum Gasteiger partial charge on any atom is -0.465 e. The van der Waals surface area contributed by atoms with Crippen LogP contribution in [0.15, 0.2) is 42.4 Å². The topological polar surface area (TPSA) is 100 Å². The molecule has 0 aliphatic carbocycles. The number of nitriles is 1. The molecule has 3 N–H and O–H groups in total. The highest BCUT2D eigenvalue weighted by Crippen LogP contribution is 2.13. The third kappa shape index (κ3) is 4.81. The highest BCUT2D eigenvalue weighted by atomic mass is 16.5. The molecule has 6 nitrogen and oxygen atoms in total. The lowest BCUT2D eigenvalue weighted by atomic mass is 10.2. The summed E-state index contributed by atoms with van der Waals surface area (Å²) in [4.78, 5) is 15.0. The van der Waals surface area contributed by atoms with E-state index in [1.165, 1.54) is 7.11 Å². The van der Waals surface area contributed by atoms with Crippen molar-refractivity contribution in [3.05, 3.63) is 43.0 Å². The molecule has 94 valence electrons. The summed E-state index contributed by atoms with van der Waals surface area (Å²) in [5.74, 6) is -0.424. The molecule has 0 aromatic heterocycles. The molecule has 1 aromatic carbocycles. The van der Waals surface area contributed by atoms with E-state index in [4.69, 9.17) is 11.0 Å². The van der Waals surface area contributed by atoms with Crippen molar-refractivity contribution in [3.63, 3.8) is 0 Å². The molecular formula is C12H14N4O2. The Morgan fingerprint density at radius 2 is 2.00 bits per heavy atom. The first-order valence-electron chi connectivity index (χ1n) is 4.85. The SMILES string of the molecule is C=C.COC(=O)c1ccc(N=C(N)NC#N)cc1. The van der Waals surface area contributed by atoms with Crippen molar-refractivity contribution >= 4 is 17.6 Å². The second kappa shape index (κ2) is 8.35. The number of rotatable bonds is 2. The average molecular weight is 246 g/mol. The normalized spacial score (nSPS) is 9.44. The van der Waals surface area contributed by atoms with Crippen molar-refractivity contribution < 1.29 is 9.53 Å². The zero-order chi connectivity index (χ0) is 14.0. The molecule has 18 heavy (non-hydrogen) atoms. The van der Waals surface area contributed by atoms with E-state index in [1.54, 1.807) is 30.5 Å². The van der Waals surface area contributed by atoms with Crippen LogP contribution in [0.3, 0.4) is 0 Å². The number of guanidine groups is 1. The van der Waals surface area contributed by atoms with Gasteiger partial charge in [0, 0.05) is 0 Å². The van der Waals surface area contributed by atoms with Gasteiger partial charge in [-0.25, -0.2) is 9.79 Å². The van der Waals surface area contributed by atoms with E-state index in [9.17, 15) is 4.79 Å².